The number of nitrogens with two attached hydrogens (primary N) is 2. The van der Waals surface area contributed by atoms with Crippen LogP contribution >= 0.6 is 0 Å². The Morgan fingerprint density at radius 3 is 1.60 bits per heavy atom. The van der Waals surface area contributed by atoms with E-state index in [0.717, 1.165) is 6.42 Å². The molecule has 0 saturated heterocycles. The molecule has 0 aromatic rings. The van der Waals surface area contributed by atoms with E-state index in [1.54, 1.807) is 0 Å². The quantitative estimate of drug-likeness (QED) is 0.231. The van der Waals surface area contributed by atoms with E-state index in [2.05, 4.69) is 6.92 Å². The molecule has 0 aromatic heterocycles. The van der Waals surface area contributed by atoms with Gasteiger partial charge in [0.2, 0.25) is 0 Å². The summed E-state index contributed by atoms with van der Waals surface area (Å²) in [6.07, 6.45) is 18.0. The van der Waals surface area contributed by atoms with Gasteiger partial charge in [-0.15, -0.1) is 0 Å². The van der Waals surface area contributed by atoms with Gasteiger partial charge >= 0.3 is 0 Å². The molecule has 3 heteroatoms. The zero-order chi connectivity index (χ0) is 15.1. The van der Waals surface area contributed by atoms with E-state index < -0.39 is 0 Å². The lowest BCUT2D eigenvalue weighted by Gasteiger charge is -2.09. The van der Waals surface area contributed by atoms with Gasteiger partial charge in [0.15, 0.2) is 0 Å². The van der Waals surface area contributed by atoms with E-state index in [-0.39, 0.29) is 11.9 Å². The van der Waals surface area contributed by atoms with Crippen LogP contribution in [0.5, 0.6) is 0 Å². The molecule has 0 heterocycles. The smallest absolute Gasteiger partial charge is 0.0920 e. The summed E-state index contributed by atoms with van der Waals surface area (Å²) in [5.41, 5.74) is 11.2. The predicted octanol–water partition coefficient (Wildman–Crippen LogP) is 4.73. The predicted molar refractivity (Wildman–Crippen MR) is 90.2 cm³/mol. The Morgan fingerprint density at radius 2 is 1.20 bits per heavy atom. The van der Waals surface area contributed by atoms with Crippen molar-refractivity contribution < 1.29 is 0 Å². The summed E-state index contributed by atoms with van der Waals surface area (Å²) >= 11 is 0. The molecule has 20 heavy (non-hydrogen) atoms. The van der Waals surface area contributed by atoms with Crippen LogP contribution in [0.2, 0.25) is 0 Å². The third kappa shape index (κ3) is 15.5. The number of nitrogens with one attached hydrogen (secondary N) is 1. The van der Waals surface area contributed by atoms with Crippen LogP contribution in [0.15, 0.2) is 0 Å². The third-order valence-electron chi connectivity index (χ3n) is 3.91. The van der Waals surface area contributed by atoms with Crippen LogP contribution < -0.4 is 11.5 Å². The largest absolute Gasteiger partial charge is 0.388 e. The second kappa shape index (κ2) is 14.8. The molecule has 0 aliphatic heterocycles. The molecule has 1 atom stereocenters. The minimum absolute atomic E-state index is 0.0932. The number of hydrogen-bond acceptors (Lipinski definition) is 2. The Hall–Kier alpha value is -0.570. The minimum Gasteiger partial charge on any atom is -0.388 e. The zero-order valence-electron chi connectivity index (χ0n) is 13.6. The summed E-state index contributed by atoms with van der Waals surface area (Å²) in [6, 6.07) is 0.0932. The maximum absolute atomic E-state index is 7.19. The van der Waals surface area contributed by atoms with Crippen LogP contribution in [0.1, 0.15) is 96.8 Å². The van der Waals surface area contributed by atoms with Crippen molar-refractivity contribution in [1.82, 2.24) is 0 Å². The molecule has 1 unspecified atom stereocenters. The molecule has 0 radical (unpaired) electrons. The molecule has 0 aliphatic rings. The molecule has 0 spiro atoms. The molecule has 3 nitrogen and oxygen atoms in total. The zero-order valence-corrected chi connectivity index (χ0v) is 13.6. The van der Waals surface area contributed by atoms with Crippen LogP contribution in [-0.4, -0.2) is 11.9 Å². The Bertz CT molecular complexity index is 216. The van der Waals surface area contributed by atoms with Gasteiger partial charge in [0.25, 0.3) is 0 Å². The van der Waals surface area contributed by atoms with Crippen LogP contribution in [0, 0.1) is 5.41 Å². The second-order valence-corrected chi connectivity index (χ2v) is 6.17. The number of unbranched alkanes of at least 4 members (excludes halogenated alkanes) is 11. The average Bonchev–Trinajstić information content (AvgIpc) is 2.39. The third-order valence-corrected chi connectivity index (χ3v) is 3.91. The van der Waals surface area contributed by atoms with Crippen molar-refractivity contribution in [2.75, 3.05) is 0 Å². The van der Waals surface area contributed by atoms with Crippen molar-refractivity contribution >= 4 is 5.84 Å². The molecule has 0 aromatic carbocycles. The fourth-order valence-corrected chi connectivity index (χ4v) is 2.63. The summed E-state index contributed by atoms with van der Waals surface area (Å²) in [6.45, 7) is 2.27. The van der Waals surface area contributed by atoms with Crippen LogP contribution in [0.3, 0.4) is 0 Å². The van der Waals surface area contributed by atoms with E-state index >= 15 is 0 Å². The Labute approximate surface area is 126 Å². The highest BCUT2D eigenvalue weighted by atomic mass is 14.7. The minimum atomic E-state index is 0.0932. The fraction of sp³-hybridized carbons (Fsp3) is 0.941. The standard InChI is InChI=1S/C17H37N3/c1-2-3-4-5-6-7-8-9-10-11-12-13-14-16(18)15-17(19)20/h16H,2-15,18H2,1H3,(H3,19,20). The SMILES string of the molecule is CCCCCCCCCCCCCCC(N)CC(=N)N. The average molecular weight is 284 g/mol. The van der Waals surface area contributed by atoms with Crippen LogP contribution in [-0.2, 0) is 0 Å². The van der Waals surface area contributed by atoms with Crippen molar-refractivity contribution in [3.8, 4) is 0 Å². The van der Waals surface area contributed by atoms with Gasteiger partial charge in [-0.05, 0) is 6.42 Å². The van der Waals surface area contributed by atoms with Crippen LogP contribution in [0.4, 0.5) is 0 Å². The molecule has 0 aliphatic carbocycles. The van der Waals surface area contributed by atoms with E-state index in [1.165, 1.54) is 77.0 Å². The summed E-state index contributed by atoms with van der Waals surface area (Å²) in [5.74, 6) is 0.219. The second-order valence-electron chi connectivity index (χ2n) is 6.17. The fourth-order valence-electron chi connectivity index (χ4n) is 2.63. The molecule has 5 N–H and O–H groups in total. The van der Waals surface area contributed by atoms with Gasteiger partial charge in [0, 0.05) is 12.5 Å². The van der Waals surface area contributed by atoms with E-state index in [1.807, 2.05) is 0 Å². The molecule has 120 valence electrons. The van der Waals surface area contributed by atoms with Gasteiger partial charge < -0.3 is 11.5 Å². The summed E-state index contributed by atoms with van der Waals surface area (Å²) in [4.78, 5) is 0. The monoisotopic (exact) mass is 283 g/mol. The first kappa shape index (κ1) is 19.4. The first-order chi connectivity index (χ1) is 9.66. The highest BCUT2D eigenvalue weighted by Gasteiger charge is 2.03. The molecule has 0 amide bonds. The lowest BCUT2D eigenvalue weighted by atomic mass is 10.0. The Kier molecular flexibility index (Phi) is 14.4. The molecule has 0 rings (SSSR count). The van der Waals surface area contributed by atoms with Gasteiger partial charge in [-0.1, -0.05) is 84.0 Å². The van der Waals surface area contributed by atoms with E-state index in [9.17, 15) is 0 Å². The van der Waals surface area contributed by atoms with Gasteiger partial charge in [-0.3, -0.25) is 5.41 Å². The first-order valence-corrected chi connectivity index (χ1v) is 8.75. The van der Waals surface area contributed by atoms with Crippen molar-refractivity contribution in [2.45, 2.75) is 103 Å². The van der Waals surface area contributed by atoms with E-state index in [4.69, 9.17) is 16.9 Å². The van der Waals surface area contributed by atoms with E-state index in [0.29, 0.717) is 6.42 Å². The lowest BCUT2D eigenvalue weighted by molar-refractivity contribution is 0.521. The van der Waals surface area contributed by atoms with Crippen molar-refractivity contribution in [3.63, 3.8) is 0 Å². The molecular weight excluding hydrogens is 246 g/mol. The maximum atomic E-state index is 7.19. The number of amidine groups is 1. The first-order valence-electron chi connectivity index (χ1n) is 8.75. The molecular formula is C17H37N3. The van der Waals surface area contributed by atoms with Gasteiger partial charge in [0.1, 0.15) is 0 Å². The van der Waals surface area contributed by atoms with Crippen molar-refractivity contribution in [3.05, 3.63) is 0 Å². The molecule has 0 bridgehead atoms. The normalized spacial score (nSPS) is 12.5. The van der Waals surface area contributed by atoms with Crippen LogP contribution in [0.25, 0.3) is 0 Å². The maximum Gasteiger partial charge on any atom is 0.0920 e. The Balaban J connectivity index is 3.08. The molecule has 0 saturated carbocycles. The van der Waals surface area contributed by atoms with Gasteiger partial charge in [-0.2, -0.15) is 0 Å². The topological polar surface area (TPSA) is 75.9 Å². The van der Waals surface area contributed by atoms with Gasteiger partial charge in [-0.25, -0.2) is 0 Å². The summed E-state index contributed by atoms with van der Waals surface area (Å²) < 4.78 is 0. The lowest BCUT2D eigenvalue weighted by Crippen LogP contribution is -2.26. The van der Waals surface area contributed by atoms with Crippen molar-refractivity contribution in [2.24, 2.45) is 11.5 Å². The number of rotatable bonds is 15. The Morgan fingerprint density at radius 1 is 0.800 bits per heavy atom. The summed E-state index contributed by atoms with van der Waals surface area (Å²) in [5, 5.41) is 7.19. The summed E-state index contributed by atoms with van der Waals surface area (Å²) in [7, 11) is 0. The van der Waals surface area contributed by atoms with Crippen molar-refractivity contribution in [1.29, 1.82) is 5.41 Å². The highest BCUT2D eigenvalue weighted by molar-refractivity contribution is 5.77. The number of hydrogen-bond donors (Lipinski definition) is 3. The molecule has 0 fully saturated rings. The highest BCUT2D eigenvalue weighted by Crippen LogP contribution is 2.13. The van der Waals surface area contributed by atoms with Gasteiger partial charge in [0.05, 0.1) is 5.84 Å².